The maximum absolute atomic E-state index is 11.4. The molecule has 1 aliphatic rings. The quantitative estimate of drug-likeness (QED) is 0.737. The molecule has 1 aliphatic heterocycles. The number of aromatic nitrogens is 2. The fraction of sp³-hybridized carbons (Fsp3) is 0.467. The predicted molar refractivity (Wildman–Crippen MR) is 78.3 cm³/mol. The lowest BCUT2D eigenvalue weighted by Gasteiger charge is -2.23. The summed E-state index contributed by atoms with van der Waals surface area (Å²) in [6.45, 7) is 2.70. The van der Waals surface area contributed by atoms with Crippen molar-refractivity contribution in [3.05, 3.63) is 44.5 Å². The van der Waals surface area contributed by atoms with Gasteiger partial charge in [-0.1, -0.05) is 13.0 Å². The molecule has 3 atom stereocenters. The van der Waals surface area contributed by atoms with Crippen molar-refractivity contribution in [2.75, 3.05) is 6.61 Å². The van der Waals surface area contributed by atoms with Gasteiger partial charge in [0.05, 0.1) is 23.2 Å². The molecule has 2 aromatic rings. The average molecular weight is 290 g/mol. The lowest BCUT2D eigenvalue weighted by molar-refractivity contribution is 0.0308. The molecule has 0 spiro atoms. The number of H-pyrrole nitrogens is 2. The molecule has 6 heteroatoms. The van der Waals surface area contributed by atoms with Crippen LogP contribution in [-0.4, -0.2) is 27.8 Å². The first kappa shape index (κ1) is 14.0. The molecule has 3 unspecified atom stereocenters. The molecular weight excluding hydrogens is 272 g/mol. The second-order valence-electron chi connectivity index (χ2n) is 5.43. The monoisotopic (exact) mass is 290 g/mol. The van der Waals surface area contributed by atoms with Gasteiger partial charge >= 0.3 is 11.1 Å². The van der Waals surface area contributed by atoms with Gasteiger partial charge in [-0.15, -0.1) is 0 Å². The number of rotatable bonds is 3. The second kappa shape index (κ2) is 5.46. The number of benzene rings is 1. The Balaban J connectivity index is 1.98. The van der Waals surface area contributed by atoms with E-state index in [-0.39, 0.29) is 12.0 Å². The van der Waals surface area contributed by atoms with Crippen molar-refractivity contribution in [2.45, 2.75) is 32.0 Å². The largest absolute Gasteiger partial charge is 0.388 e. The summed E-state index contributed by atoms with van der Waals surface area (Å²) in [5, 5.41) is 10.6. The van der Waals surface area contributed by atoms with E-state index in [9.17, 15) is 14.7 Å². The Morgan fingerprint density at radius 3 is 2.71 bits per heavy atom. The number of hydrogen-bond acceptors (Lipinski definition) is 4. The SMILES string of the molecule is CCC1OCCC1C(O)c1ccc2[nH]c(=O)c(=O)[nH]c2c1. The first-order valence-corrected chi connectivity index (χ1v) is 7.16. The van der Waals surface area contributed by atoms with Gasteiger partial charge < -0.3 is 19.8 Å². The van der Waals surface area contributed by atoms with Crippen LogP contribution >= 0.6 is 0 Å². The Kier molecular flexibility index (Phi) is 3.65. The molecule has 0 aliphatic carbocycles. The summed E-state index contributed by atoms with van der Waals surface area (Å²) in [6.07, 6.45) is 1.10. The van der Waals surface area contributed by atoms with Crippen LogP contribution in [0.2, 0.25) is 0 Å². The average Bonchev–Trinajstić information content (AvgIpc) is 2.95. The summed E-state index contributed by atoms with van der Waals surface area (Å²) in [5.41, 5.74) is 0.420. The van der Waals surface area contributed by atoms with Gasteiger partial charge in [0, 0.05) is 12.5 Å². The number of ether oxygens (including phenoxy) is 1. The molecule has 3 N–H and O–H groups in total. The second-order valence-corrected chi connectivity index (χ2v) is 5.43. The van der Waals surface area contributed by atoms with E-state index in [1.54, 1.807) is 18.2 Å². The molecule has 2 heterocycles. The predicted octanol–water partition coefficient (Wildman–Crippen LogP) is 1.06. The van der Waals surface area contributed by atoms with E-state index in [0.29, 0.717) is 17.6 Å². The third-order valence-corrected chi connectivity index (χ3v) is 4.16. The molecule has 0 amide bonds. The zero-order valence-corrected chi connectivity index (χ0v) is 11.8. The molecule has 1 aromatic heterocycles. The smallest absolute Gasteiger partial charge is 0.314 e. The van der Waals surface area contributed by atoms with E-state index >= 15 is 0 Å². The molecule has 3 rings (SSSR count). The highest BCUT2D eigenvalue weighted by molar-refractivity contribution is 5.74. The number of aliphatic hydroxyl groups excluding tert-OH is 1. The Labute approximate surface area is 120 Å². The number of hydrogen-bond donors (Lipinski definition) is 3. The maximum Gasteiger partial charge on any atom is 0.314 e. The lowest BCUT2D eigenvalue weighted by atomic mass is 9.89. The summed E-state index contributed by atoms with van der Waals surface area (Å²) in [6, 6.07) is 5.18. The molecule has 1 fully saturated rings. The van der Waals surface area contributed by atoms with Crippen LogP contribution in [0.3, 0.4) is 0 Å². The molecule has 6 nitrogen and oxygen atoms in total. The Morgan fingerprint density at radius 1 is 1.29 bits per heavy atom. The number of fused-ring (bicyclic) bond motifs is 1. The van der Waals surface area contributed by atoms with E-state index < -0.39 is 17.2 Å². The molecule has 1 saturated heterocycles. The minimum absolute atomic E-state index is 0.0573. The Morgan fingerprint density at radius 2 is 2.00 bits per heavy atom. The maximum atomic E-state index is 11.4. The third kappa shape index (κ3) is 2.52. The molecule has 0 bridgehead atoms. The van der Waals surface area contributed by atoms with E-state index in [1.165, 1.54) is 0 Å². The summed E-state index contributed by atoms with van der Waals surface area (Å²) in [5.74, 6) is 0.0573. The van der Waals surface area contributed by atoms with Gasteiger partial charge in [0.1, 0.15) is 0 Å². The van der Waals surface area contributed by atoms with Crippen molar-refractivity contribution in [1.29, 1.82) is 0 Å². The molecule has 0 radical (unpaired) electrons. The minimum Gasteiger partial charge on any atom is -0.388 e. The van der Waals surface area contributed by atoms with Gasteiger partial charge in [-0.2, -0.15) is 0 Å². The number of nitrogens with one attached hydrogen (secondary N) is 2. The highest BCUT2D eigenvalue weighted by Gasteiger charge is 2.33. The summed E-state index contributed by atoms with van der Waals surface area (Å²) in [7, 11) is 0. The van der Waals surface area contributed by atoms with E-state index in [1.807, 2.05) is 6.92 Å². The van der Waals surface area contributed by atoms with E-state index in [4.69, 9.17) is 4.74 Å². The first-order chi connectivity index (χ1) is 10.1. The number of aliphatic hydroxyl groups is 1. The molecular formula is C15H18N2O4. The van der Waals surface area contributed by atoms with Crippen LogP contribution in [0.5, 0.6) is 0 Å². The van der Waals surface area contributed by atoms with Gasteiger partial charge in [0.2, 0.25) is 0 Å². The van der Waals surface area contributed by atoms with Gasteiger partial charge in [0.15, 0.2) is 0 Å². The van der Waals surface area contributed by atoms with Gasteiger partial charge in [0.25, 0.3) is 0 Å². The fourth-order valence-corrected chi connectivity index (χ4v) is 3.01. The van der Waals surface area contributed by atoms with Crippen LogP contribution in [0.25, 0.3) is 11.0 Å². The number of aromatic amines is 2. The van der Waals surface area contributed by atoms with Crippen molar-refractivity contribution in [1.82, 2.24) is 9.97 Å². The first-order valence-electron chi connectivity index (χ1n) is 7.16. The van der Waals surface area contributed by atoms with E-state index in [2.05, 4.69) is 9.97 Å². The molecule has 21 heavy (non-hydrogen) atoms. The summed E-state index contributed by atoms with van der Waals surface area (Å²) >= 11 is 0. The molecule has 0 saturated carbocycles. The van der Waals surface area contributed by atoms with Crippen LogP contribution in [0.4, 0.5) is 0 Å². The van der Waals surface area contributed by atoms with Crippen molar-refractivity contribution < 1.29 is 9.84 Å². The van der Waals surface area contributed by atoms with Crippen LogP contribution < -0.4 is 11.1 Å². The minimum atomic E-state index is -0.690. The van der Waals surface area contributed by atoms with Crippen molar-refractivity contribution in [3.63, 3.8) is 0 Å². The normalized spacial score (nSPS) is 23.5. The van der Waals surface area contributed by atoms with E-state index in [0.717, 1.165) is 18.4 Å². The Hall–Kier alpha value is -1.92. The summed E-state index contributed by atoms with van der Waals surface area (Å²) in [4.78, 5) is 27.7. The lowest BCUT2D eigenvalue weighted by Crippen LogP contribution is -2.29. The van der Waals surface area contributed by atoms with Gasteiger partial charge in [-0.25, -0.2) is 0 Å². The van der Waals surface area contributed by atoms with Crippen LogP contribution in [0, 0.1) is 5.92 Å². The highest BCUT2D eigenvalue weighted by Crippen LogP contribution is 2.35. The van der Waals surface area contributed by atoms with Crippen LogP contribution in [0.15, 0.2) is 27.8 Å². The third-order valence-electron chi connectivity index (χ3n) is 4.16. The van der Waals surface area contributed by atoms with Crippen molar-refractivity contribution in [3.8, 4) is 0 Å². The van der Waals surface area contributed by atoms with Crippen LogP contribution in [-0.2, 0) is 4.74 Å². The standard InChI is InChI=1S/C15H18N2O4/c1-2-12-9(5-6-21-12)13(18)8-3-4-10-11(7-8)17-15(20)14(19)16-10/h3-4,7,9,12-13,18H,2,5-6H2,1H3,(H,16,19)(H,17,20). The molecule has 112 valence electrons. The summed E-state index contributed by atoms with van der Waals surface area (Å²) < 4.78 is 5.61. The van der Waals surface area contributed by atoms with Gasteiger partial charge in [-0.05, 0) is 30.5 Å². The Bertz CT molecular complexity index is 764. The highest BCUT2D eigenvalue weighted by atomic mass is 16.5. The zero-order valence-electron chi connectivity index (χ0n) is 11.8. The fourth-order valence-electron chi connectivity index (χ4n) is 3.01. The van der Waals surface area contributed by atoms with Crippen molar-refractivity contribution >= 4 is 11.0 Å². The van der Waals surface area contributed by atoms with Crippen LogP contribution in [0.1, 0.15) is 31.4 Å². The topological polar surface area (TPSA) is 95.2 Å². The molecule has 1 aromatic carbocycles. The van der Waals surface area contributed by atoms with Crippen molar-refractivity contribution in [2.24, 2.45) is 5.92 Å². The zero-order chi connectivity index (χ0) is 15.0. The van der Waals surface area contributed by atoms with Gasteiger partial charge in [-0.3, -0.25) is 9.59 Å².